The second-order valence-electron chi connectivity index (χ2n) is 7.27. The van der Waals surface area contributed by atoms with E-state index < -0.39 is 11.6 Å². The number of hydrogen-bond donors (Lipinski definition) is 2. The third-order valence-corrected chi connectivity index (χ3v) is 3.95. The van der Waals surface area contributed by atoms with Gasteiger partial charge in [0, 0.05) is 25.6 Å². The Hall–Kier alpha value is -2.64. The number of likely N-dealkylation sites (tertiary alicyclic amines) is 1. The molecule has 8 heteroatoms. The lowest BCUT2D eigenvalue weighted by Crippen LogP contribution is -2.53. The summed E-state index contributed by atoms with van der Waals surface area (Å²) in [5.41, 5.74) is 6.89. The lowest BCUT2D eigenvalue weighted by atomic mass is 10.0. The Balaban J connectivity index is 1.93. The van der Waals surface area contributed by atoms with Gasteiger partial charge in [-0.1, -0.05) is 0 Å². The molecule has 0 atom stereocenters. The van der Waals surface area contributed by atoms with Gasteiger partial charge in [-0.15, -0.1) is 0 Å². The molecular weight excluding hydrogens is 338 g/mol. The Morgan fingerprint density at radius 1 is 1.27 bits per heavy atom. The van der Waals surface area contributed by atoms with E-state index in [9.17, 15) is 9.59 Å². The standard InChI is InChI=1S/C18H27N3O5/c1-18(2,3)26-17(23)21-9-11(10-21)8-20-15-13(19)6-12(16(22)25-5)7-14(15)24-4/h6-7,11,20H,8-10,19H2,1-5H3. The van der Waals surface area contributed by atoms with Crippen LogP contribution in [0.15, 0.2) is 12.1 Å². The van der Waals surface area contributed by atoms with Crippen molar-refractivity contribution in [3.63, 3.8) is 0 Å². The number of benzene rings is 1. The van der Waals surface area contributed by atoms with E-state index in [4.69, 9.17) is 19.9 Å². The Bertz CT molecular complexity index is 678. The summed E-state index contributed by atoms with van der Waals surface area (Å²) in [5, 5.41) is 3.25. The molecule has 0 unspecified atom stereocenters. The topological polar surface area (TPSA) is 103 Å². The number of anilines is 2. The van der Waals surface area contributed by atoms with Crippen molar-refractivity contribution in [2.75, 3.05) is 44.9 Å². The molecule has 0 bridgehead atoms. The summed E-state index contributed by atoms with van der Waals surface area (Å²) in [6.45, 7) is 7.39. The molecule has 0 aliphatic carbocycles. The average Bonchev–Trinajstić information content (AvgIpc) is 2.51. The first-order valence-electron chi connectivity index (χ1n) is 8.42. The molecule has 1 aromatic carbocycles. The molecule has 1 amide bonds. The van der Waals surface area contributed by atoms with Crippen LogP contribution in [0.4, 0.5) is 16.2 Å². The van der Waals surface area contributed by atoms with E-state index in [2.05, 4.69) is 5.32 Å². The zero-order valence-electron chi connectivity index (χ0n) is 15.9. The highest BCUT2D eigenvalue weighted by Crippen LogP contribution is 2.33. The van der Waals surface area contributed by atoms with Gasteiger partial charge in [0.05, 0.1) is 25.5 Å². The normalized spacial score (nSPS) is 14.4. The van der Waals surface area contributed by atoms with E-state index in [-0.39, 0.29) is 12.0 Å². The van der Waals surface area contributed by atoms with Gasteiger partial charge in [0.25, 0.3) is 0 Å². The molecule has 1 saturated heterocycles. The molecule has 0 aromatic heterocycles. The first kappa shape index (κ1) is 19.7. The Morgan fingerprint density at radius 2 is 1.92 bits per heavy atom. The monoisotopic (exact) mass is 365 g/mol. The Labute approximate surface area is 153 Å². The van der Waals surface area contributed by atoms with Crippen LogP contribution in [-0.2, 0) is 9.47 Å². The molecule has 26 heavy (non-hydrogen) atoms. The summed E-state index contributed by atoms with van der Waals surface area (Å²) in [6, 6.07) is 3.13. The number of nitrogens with two attached hydrogens (primary N) is 1. The molecule has 0 radical (unpaired) electrons. The maximum Gasteiger partial charge on any atom is 0.410 e. The molecule has 144 valence electrons. The van der Waals surface area contributed by atoms with Crippen molar-refractivity contribution >= 4 is 23.4 Å². The van der Waals surface area contributed by atoms with E-state index in [0.717, 1.165) is 0 Å². The smallest absolute Gasteiger partial charge is 0.410 e. The number of rotatable bonds is 5. The van der Waals surface area contributed by atoms with Gasteiger partial charge in [-0.05, 0) is 32.9 Å². The average molecular weight is 365 g/mol. The second kappa shape index (κ2) is 7.72. The fourth-order valence-corrected chi connectivity index (χ4v) is 2.64. The van der Waals surface area contributed by atoms with Crippen molar-refractivity contribution in [3.05, 3.63) is 17.7 Å². The van der Waals surface area contributed by atoms with Crippen molar-refractivity contribution in [3.8, 4) is 5.75 Å². The first-order chi connectivity index (χ1) is 12.1. The number of nitrogens with zero attached hydrogens (tertiary/aromatic N) is 1. The van der Waals surface area contributed by atoms with Crippen molar-refractivity contribution in [2.45, 2.75) is 26.4 Å². The molecule has 1 aromatic rings. The Kier molecular flexibility index (Phi) is 5.84. The van der Waals surface area contributed by atoms with Crippen LogP contribution in [0.3, 0.4) is 0 Å². The number of carbonyl (C=O) groups excluding carboxylic acids is 2. The zero-order valence-corrected chi connectivity index (χ0v) is 15.9. The number of amides is 1. The fraction of sp³-hybridized carbons (Fsp3) is 0.556. The van der Waals surface area contributed by atoms with Gasteiger partial charge in [0.1, 0.15) is 17.0 Å². The number of esters is 1. The number of carbonyl (C=O) groups is 2. The van der Waals surface area contributed by atoms with E-state index in [1.807, 2.05) is 20.8 Å². The summed E-state index contributed by atoms with van der Waals surface area (Å²) in [7, 11) is 2.82. The molecular formula is C18H27N3O5. The maximum absolute atomic E-state index is 11.9. The highest BCUT2D eigenvalue weighted by atomic mass is 16.6. The first-order valence-corrected chi connectivity index (χ1v) is 8.42. The minimum atomic E-state index is -0.496. The molecule has 1 fully saturated rings. The van der Waals surface area contributed by atoms with E-state index in [1.165, 1.54) is 14.2 Å². The SMILES string of the molecule is COC(=O)c1cc(N)c(NCC2CN(C(=O)OC(C)(C)C)C2)c(OC)c1. The van der Waals surface area contributed by atoms with Crippen molar-refractivity contribution in [1.82, 2.24) is 4.90 Å². The molecule has 1 aliphatic heterocycles. The van der Waals surface area contributed by atoms with Crippen molar-refractivity contribution < 1.29 is 23.8 Å². The molecule has 8 nitrogen and oxygen atoms in total. The Morgan fingerprint density at radius 3 is 2.46 bits per heavy atom. The second-order valence-corrected chi connectivity index (χ2v) is 7.27. The molecule has 3 N–H and O–H groups in total. The van der Waals surface area contributed by atoms with Crippen molar-refractivity contribution in [1.29, 1.82) is 0 Å². The maximum atomic E-state index is 11.9. The van der Waals surface area contributed by atoms with Gasteiger partial charge < -0.3 is 30.2 Å². The lowest BCUT2D eigenvalue weighted by molar-refractivity contribution is 0.000828. The van der Waals surface area contributed by atoms with Gasteiger partial charge >= 0.3 is 12.1 Å². The summed E-state index contributed by atoms with van der Waals surface area (Å²) in [5.74, 6) is 0.272. The fourth-order valence-electron chi connectivity index (χ4n) is 2.64. The summed E-state index contributed by atoms with van der Waals surface area (Å²) in [4.78, 5) is 25.3. The van der Waals surface area contributed by atoms with Crippen LogP contribution in [0, 0.1) is 5.92 Å². The third-order valence-electron chi connectivity index (χ3n) is 3.95. The highest BCUT2D eigenvalue weighted by molar-refractivity contribution is 5.93. The van der Waals surface area contributed by atoms with E-state index in [1.54, 1.807) is 17.0 Å². The number of methoxy groups -OCH3 is 2. The van der Waals surface area contributed by atoms with E-state index in [0.29, 0.717) is 42.3 Å². The van der Waals surface area contributed by atoms with Crippen LogP contribution in [0.5, 0.6) is 5.75 Å². The molecule has 2 rings (SSSR count). The van der Waals surface area contributed by atoms with Gasteiger partial charge in [-0.3, -0.25) is 0 Å². The van der Waals surface area contributed by atoms with Crippen LogP contribution < -0.4 is 15.8 Å². The van der Waals surface area contributed by atoms with Gasteiger partial charge in [-0.2, -0.15) is 0 Å². The van der Waals surface area contributed by atoms with Crippen molar-refractivity contribution in [2.24, 2.45) is 5.92 Å². The minimum Gasteiger partial charge on any atom is -0.494 e. The lowest BCUT2D eigenvalue weighted by Gasteiger charge is -2.40. The van der Waals surface area contributed by atoms with Crippen LogP contribution in [0.25, 0.3) is 0 Å². The summed E-state index contributed by atoms with van der Waals surface area (Å²) >= 11 is 0. The largest absolute Gasteiger partial charge is 0.494 e. The number of nitrogens with one attached hydrogen (secondary N) is 1. The zero-order chi connectivity index (χ0) is 19.5. The van der Waals surface area contributed by atoms with Gasteiger partial charge in [0.2, 0.25) is 0 Å². The number of nitrogen functional groups attached to an aromatic ring is 1. The van der Waals surface area contributed by atoms with Crippen LogP contribution in [-0.4, -0.2) is 56.4 Å². The highest BCUT2D eigenvalue weighted by Gasteiger charge is 2.33. The number of hydrogen-bond acceptors (Lipinski definition) is 7. The quantitative estimate of drug-likeness (QED) is 0.610. The van der Waals surface area contributed by atoms with Crippen LogP contribution in [0.2, 0.25) is 0 Å². The molecule has 0 spiro atoms. The van der Waals surface area contributed by atoms with Gasteiger partial charge in [-0.25, -0.2) is 9.59 Å². The minimum absolute atomic E-state index is 0.284. The molecule has 1 aliphatic rings. The third kappa shape index (κ3) is 4.71. The predicted molar refractivity (Wildman–Crippen MR) is 98.5 cm³/mol. The molecule has 0 saturated carbocycles. The van der Waals surface area contributed by atoms with Crippen LogP contribution >= 0.6 is 0 Å². The molecule has 1 heterocycles. The van der Waals surface area contributed by atoms with E-state index >= 15 is 0 Å². The number of ether oxygens (including phenoxy) is 3. The van der Waals surface area contributed by atoms with Crippen LogP contribution in [0.1, 0.15) is 31.1 Å². The summed E-state index contributed by atoms with van der Waals surface area (Å²) in [6.07, 6.45) is -0.298. The predicted octanol–water partition coefficient (Wildman–Crippen LogP) is 2.34. The summed E-state index contributed by atoms with van der Waals surface area (Å²) < 4.78 is 15.4. The van der Waals surface area contributed by atoms with Gasteiger partial charge in [0.15, 0.2) is 0 Å².